The third kappa shape index (κ3) is 6.62. The van der Waals surface area contributed by atoms with Gasteiger partial charge in [0, 0.05) is 6.08 Å². The second-order valence-electron chi connectivity index (χ2n) is 7.21. The Hall–Kier alpha value is -2.80. The van der Waals surface area contributed by atoms with Gasteiger partial charge in [-0.3, -0.25) is 4.79 Å². The van der Waals surface area contributed by atoms with Crippen LogP contribution in [-0.4, -0.2) is 30.1 Å². The SMILES string of the molecule is COc1cc(/C=C/C(=O)N[C@H](C(=O)O)C(C)C)cc(Br)c1OCc1cccc(C)c1. The van der Waals surface area contributed by atoms with Crippen LogP contribution in [0.2, 0.25) is 0 Å². The molecule has 0 heterocycles. The number of halogens is 1. The lowest BCUT2D eigenvalue weighted by Crippen LogP contribution is -2.43. The number of nitrogens with one attached hydrogen (secondary N) is 1. The van der Waals surface area contributed by atoms with E-state index < -0.39 is 17.9 Å². The third-order valence-corrected chi connectivity index (χ3v) is 4.96. The summed E-state index contributed by atoms with van der Waals surface area (Å²) in [4.78, 5) is 23.3. The van der Waals surface area contributed by atoms with Gasteiger partial charge in [-0.25, -0.2) is 4.79 Å². The molecular weight excluding hydrogens is 450 g/mol. The number of methoxy groups -OCH3 is 1. The van der Waals surface area contributed by atoms with E-state index in [4.69, 9.17) is 9.47 Å². The molecule has 0 unspecified atom stereocenters. The number of benzene rings is 2. The molecule has 2 N–H and O–H groups in total. The normalized spacial score (nSPS) is 12.1. The molecule has 0 aliphatic rings. The number of carboxylic acids is 1. The summed E-state index contributed by atoms with van der Waals surface area (Å²) in [6, 6.07) is 10.7. The third-order valence-electron chi connectivity index (χ3n) is 4.38. The Morgan fingerprint density at radius 3 is 2.57 bits per heavy atom. The molecule has 0 fully saturated rings. The topological polar surface area (TPSA) is 84.9 Å². The van der Waals surface area contributed by atoms with E-state index in [-0.39, 0.29) is 5.92 Å². The van der Waals surface area contributed by atoms with Crippen molar-refractivity contribution in [3.8, 4) is 11.5 Å². The van der Waals surface area contributed by atoms with Gasteiger partial charge in [-0.1, -0.05) is 43.7 Å². The number of amides is 1. The molecule has 6 nitrogen and oxygen atoms in total. The Balaban J connectivity index is 2.13. The molecule has 0 bridgehead atoms. The maximum atomic E-state index is 12.1. The van der Waals surface area contributed by atoms with Crippen molar-refractivity contribution in [1.29, 1.82) is 0 Å². The van der Waals surface area contributed by atoms with Gasteiger partial charge < -0.3 is 19.9 Å². The van der Waals surface area contributed by atoms with Gasteiger partial charge in [0.15, 0.2) is 11.5 Å². The Labute approximate surface area is 185 Å². The van der Waals surface area contributed by atoms with Gasteiger partial charge >= 0.3 is 5.97 Å². The zero-order chi connectivity index (χ0) is 22.3. The van der Waals surface area contributed by atoms with E-state index in [0.717, 1.165) is 11.1 Å². The van der Waals surface area contributed by atoms with Crippen molar-refractivity contribution in [1.82, 2.24) is 5.32 Å². The molecule has 1 amide bonds. The summed E-state index contributed by atoms with van der Waals surface area (Å²) in [7, 11) is 1.54. The molecule has 30 heavy (non-hydrogen) atoms. The number of carbonyl (C=O) groups excluding carboxylic acids is 1. The van der Waals surface area contributed by atoms with Crippen LogP contribution >= 0.6 is 15.9 Å². The Kier molecular flexibility index (Phi) is 8.47. The molecule has 0 spiro atoms. The molecule has 2 rings (SSSR count). The fraction of sp³-hybridized carbons (Fsp3) is 0.304. The molecule has 0 saturated heterocycles. The number of aliphatic carboxylic acids is 1. The number of carboxylic acid groups (broad SMARTS) is 1. The van der Waals surface area contributed by atoms with Crippen molar-refractivity contribution in [2.75, 3.05) is 7.11 Å². The molecule has 1 atom stereocenters. The first kappa shape index (κ1) is 23.5. The molecule has 0 aromatic heterocycles. The van der Waals surface area contributed by atoms with Crippen molar-refractivity contribution >= 4 is 33.9 Å². The standard InChI is InChI=1S/C23H26BrNO5/c1-14(2)21(23(27)28)25-20(26)9-8-16-11-18(24)22(19(12-16)29-4)30-13-17-7-5-6-15(3)10-17/h5-12,14,21H,13H2,1-4H3,(H,25,26)(H,27,28)/b9-8+/t21-/m0/s1. The highest BCUT2D eigenvalue weighted by Gasteiger charge is 2.22. The van der Waals surface area contributed by atoms with E-state index in [2.05, 4.69) is 27.3 Å². The van der Waals surface area contributed by atoms with Gasteiger partial charge in [0.2, 0.25) is 5.91 Å². The van der Waals surface area contributed by atoms with Crippen molar-refractivity contribution in [3.05, 3.63) is 63.6 Å². The monoisotopic (exact) mass is 475 g/mol. The van der Waals surface area contributed by atoms with Crippen LogP contribution < -0.4 is 14.8 Å². The fourth-order valence-corrected chi connectivity index (χ4v) is 3.39. The molecule has 7 heteroatoms. The molecule has 2 aromatic rings. The lowest BCUT2D eigenvalue weighted by Gasteiger charge is -2.16. The summed E-state index contributed by atoms with van der Waals surface area (Å²) < 4.78 is 12.1. The minimum absolute atomic E-state index is 0.223. The minimum atomic E-state index is -1.06. The number of hydrogen-bond donors (Lipinski definition) is 2. The average molecular weight is 476 g/mol. The van der Waals surface area contributed by atoms with Crippen LogP contribution in [0.5, 0.6) is 11.5 Å². The lowest BCUT2D eigenvalue weighted by molar-refractivity contribution is -0.142. The summed E-state index contributed by atoms with van der Waals surface area (Å²) in [5, 5.41) is 11.7. The molecular formula is C23H26BrNO5. The summed E-state index contributed by atoms with van der Waals surface area (Å²) in [6.07, 6.45) is 2.89. The number of ether oxygens (including phenoxy) is 2. The van der Waals surface area contributed by atoms with E-state index in [1.807, 2.05) is 25.1 Å². The maximum Gasteiger partial charge on any atom is 0.326 e. The number of hydrogen-bond acceptors (Lipinski definition) is 4. The molecule has 0 aliphatic heterocycles. The van der Waals surface area contributed by atoms with Crippen LogP contribution in [0.3, 0.4) is 0 Å². The molecule has 0 radical (unpaired) electrons. The van der Waals surface area contributed by atoms with Gasteiger partial charge in [-0.05, 0) is 58.1 Å². The van der Waals surface area contributed by atoms with Crippen LogP contribution in [0.1, 0.15) is 30.5 Å². The molecule has 0 saturated carbocycles. The van der Waals surface area contributed by atoms with Gasteiger partial charge in [0.25, 0.3) is 0 Å². The van der Waals surface area contributed by atoms with Crippen LogP contribution in [0.15, 0.2) is 46.9 Å². The van der Waals surface area contributed by atoms with Crippen LogP contribution in [0.4, 0.5) is 0 Å². The van der Waals surface area contributed by atoms with Crippen LogP contribution in [0.25, 0.3) is 6.08 Å². The van der Waals surface area contributed by atoms with E-state index in [0.29, 0.717) is 28.1 Å². The van der Waals surface area contributed by atoms with E-state index in [1.54, 1.807) is 39.2 Å². The van der Waals surface area contributed by atoms with E-state index in [9.17, 15) is 14.7 Å². The first-order valence-electron chi connectivity index (χ1n) is 9.48. The van der Waals surface area contributed by atoms with Gasteiger partial charge in [-0.2, -0.15) is 0 Å². The molecule has 0 aliphatic carbocycles. The summed E-state index contributed by atoms with van der Waals surface area (Å²) in [5.74, 6) is -0.690. The van der Waals surface area contributed by atoms with Crippen molar-refractivity contribution < 1.29 is 24.2 Å². The van der Waals surface area contributed by atoms with Gasteiger partial charge in [-0.15, -0.1) is 0 Å². The predicted octanol–water partition coefficient (Wildman–Crippen LogP) is 4.58. The highest BCUT2D eigenvalue weighted by molar-refractivity contribution is 9.10. The Morgan fingerprint density at radius 2 is 1.97 bits per heavy atom. The van der Waals surface area contributed by atoms with Gasteiger partial charge in [0.1, 0.15) is 12.6 Å². The maximum absolute atomic E-state index is 12.1. The zero-order valence-corrected chi connectivity index (χ0v) is 19.0. The average Bonchev–Trinajstić information content (AvgIpc) is 2.68. The number of aryl methyl sites for hydroxylation is 1. The fourth-order valence-electron chi connectivity index (χ4n) is 2.82. The smallest absolute Gasteiger partial charge is 0.326 e. The Morgan fingerprint density at radius 1 is 1.23 bits per heavy atom. The van der Waals surface area contributed by atoms with Crippen molar-refractivity contribution in [2.45, 2.75) is 33.4 Å². The van der Waals surface area contributed by atoms with Crippen molar-refractivity contribution in [3.63, 3.8) is 0 Å². The minimum Gasteiger partial charge on any atom is -0.493 e. The first-order valence-corrected chi connectivity index (χ1v) is 10.3. The number of rotatable bonds is 9. The van der Waals surface area contributed by atoms with E-state index in [1.165, 1.54) is 6.08 Å². The molecule has 2 aromatic carbocycles. The van der Waals surface area contributed by atoms with Crippen LogP contribution in [0, 0.1) is 12.8 Å². The zero-order valence-electron chi connectivity index (χ0n) is 17.4. The Bertz CT molecular complexity index is 939. The largest absolute Gasteiger partial charge is 0.493 e. The lowest BCUT2D eigenvalue weighted by atomic mass is 10.0. The highest BCUT2D eigenvalue weighted by atomic mass is 79.9. The second kappa shape index (κ2) is 10.8. The predicted molar refractivity (Wildman–Crippen MR) is 120 cm³/mol. The summed E-state index contributed by atoms with van der Waals surface area (Å²) in [6.45, 7) is 5.89. The first-order chi connectivity index (χ1) is 14.2. The quantitative estimate of drug-likeness (QED) is 0.518. The summed E-state index contributed by atoms with van der Waals surface area (Å²) in [5.41, 5.74) is 2.90. The summed E-state index contributed by atoms with van der Waals surface area (Å²) >= 11 is 3.50. The van der Waals surface area contributed by atoms with Crippen LogP contribution in [-0.2, 0) is 16.2 Å². The van der Waals surface area contributed by atoms with Crippen molar-refractivity contribution in [2.24, 2.45) is 5.92 Å². The number of carbonyl (C=O) groups is 2. The highest BCUT2D eigenvalue weighted by Crippen LogP contribution is 2.37. The molecule has 160 valence electrons. The van der Waals surface area contributed by atoms with Gasteiger partial charge in [0.05, 0.1) is 11.6 Å². The second-order valence-corrected chi connectivity index (χ2v) is 8.07. The van der Waals surface area contributed by atoms with E-state index >= 15 is 0 Å².